The molecule has 0 bridgehead atoms. The number of aromatic nitrogens is 2. The lowest BCUT2D eigenvalue weighted by atomic mass is 9.90. The number of hydrogen-bond acceptors (Lipinski definition) is 2. The second kappa shape index (κ2) is 29.1. The summed E-state index contributed by atoms with van der Waals surface area (Å²) in [5.74, 6) is 0. The van der Waals surface area contributed by atoms with Gasteiger partial charge in [0.1, 0.15) is 0 Å². The first kappa shape index (κ1) is 63.0. The van der Waals surface area contributed by atoms with Gasteiger partial charge in [-0.05, 0) is 200 Å². The van der Waals surface area contributed by atoms with E-state index in [9.17, 15) is 0 Å². The zero-order valence-electron chi connectivity index (χ0n) is 55.5. The van der Waals surface area contributed by atoms with Crippen LogP contribution in [0.15, 0.2) is 417 Å². The van der Waals surface area contributed by atoms with E-state index in [1.807, 2.05) is 60.7 Å². The Hall–Kier alpha value is -12.8. The van der Waals surface area contributed by atoms with E-state index in [0.29, 0.717) is 0 Å². The summed E-state index contributed by atoms with van der Waals surface area (Å²) in [6.45, 7) is 0. The number of nitrogens with zero attached hydrogens (tertiary/aromatic N) is 3. The Bertz CT molecular complexity index is 5770. The normalized spacial score (nSPS) is 11.0. The lowest BCUT2D eigenvalue weighted by molar-refractivity contribution is 1.18. The molecule has 101 heavy (non-hydrogen) atoms. The standard InChI is InChI=1S/C48H34N2.C36H24BrN.C12H11N/c1-5-16-35(17-6-1)36-28-30-43(37-18-15-25-42(32-37)49(39-19-7-2-8-20-39)40-21-9-3-10-22-40)46(33-36)38-29-31-45-44-26-13-14-27-47(44)50(48(45)34-38)41-23-11-4-12-24-41;37-29-13-9-12-27(22-29)31-20-18-26(25-10-3-1-4-11-25)23-34(31)28-19-21-33-32-16-7-8-17-35(32)38(36(33)24-28)30-14-5-2-6-15-30;1-3-7-11(8-4-1)13-12-9-5-2-6-10-12/h1-34H;1-24H;1-10,13H. The van der Waals surface area contributed by atoms with E-state index in [1.165, 1.54) is 110 Å². The van der Waals surface area contributed by atoms with Crippen molar-refractivity contribution >= 4 is 88.0 Å². The van der Waals surface area contributed by atoms with Crippen molar-refractivity contribution in [1.82, 2.24) is 9.13 Å². The van der Waals surface area contributed by atoms with Crippen LogP contribution in [0.3, 0.4) is 0 Å². The average Bonchev–Trinajstić information content (AvgIpc) is 1.61. The molecule has 4 nitrogen and oxygen atoms in total. The van der Waals surface area contributed by atoms with E-state index in [2.05, 4.69) is 387 Å². The first-order valence-corrected chi connectivity index (χ1v) is 35.0. The first-order chi connectivity index (χ1) is 50.0. The lowest BCUT2D eigenvalue weighted by Crippen LogP contribution is -2.09. The van der Waals surface area contributed by atoms with Gasteiger partial charge < -0.3 is 19.4 Å². The zero-order chi connectivity index (χ0) is 67.7. The van der Waals surface area contributed by atoms with Gasteiger partial charge >= 0.3 is 0 Å². The molecule has 0 radical (unpaired) electrons. The molecule has 0 amide bonds. The largest absolute Gasteiger partial charge is 0.356 e. The molecule has 0 aliphatic heterocycles. The third-order valence-corrected chi connectivity index (χ3v) is 19.2. The van der Waals surface area contributed by atoms with Gasteiger partial charge in [0.05, 0.1) is 22.1 Å². The predicted octanol–water partition coefficient (Wildman–Crippen LogP) is 27.2. The van der Waals surface area contributed by atoms with Gasteiger partial charge in [-0.15, -0.1) is 0 Å². The minimum atomic E-state index is 1.08. The summed E-state index contributed by atoms with van der Waals surface area (Å²) in [7, 11) is 0. The van der Waals surface area contributed by atoms with Crippen molar-refractivity contribution in [3.05, 3.63) is 417 Å². The highest BCUT2D eigenvalue weighted by Gasteiger charge is 2.20. The van der Waals surface area contributed by atoms with Crippen molar-refractivity contribution in [3.63, 3.8) is 0 Å². The molecule has 0 aliphatic carbocycles. The molecule has 0 aliphatic rings. The number of fused-ring (bicyclic) bond motifs is 6. The van der Waals surface area contributed by atoms with Crippen molar-refractivity contribution in [2.75, 3.05) is 10.2 Å². The zero-order valence-corrected chi connectivity index (χ0v) is 57.1. The smallest absolute Gasteiger partial charge is 0.0547 e. The summed E-state index contributed by atoms with van der Waals surface area (Å²) < 4.78 is 5.86. The fourth-order valence-electron chi connectivity index (χ4n) is 14.0. The van der Waals surface area contributed by atoms with Crippen LogP contribution in [0.5, 0.6) is 0 Å². The molecule has 1 N–H and O–H groups in total. The molecule has 2 heterocycles. The van der Waals surface area contributed by atoms with Crippen LogP contribution < -0.4 is 10.2 Å². The Morgan fingerprint density at radius 1 is 0.208 bits per heavy atom. The average molecular weight is 1360 g/mol. The Morgan fingerprint density at radius 2 is 0.535 bits per heavy atom. The van der Waals surface area contributed by atoms with Gasteiger partial charge in [0.25, 0.3) is 0 Å². The van der Waals surface area contributed by atoms with Crippen molar-refractivity contribution in [1.29, 1.82) is 0 Å². The van der Waals surface area contributed by atoms with E-state index < -0.39 is 0 Å². The first-order valence-electron chi connectivity index (χ1n) is 34.2. The molecule has 0 fully saturated rings. The van der Waals surface area contributed by atoms with Gasteiger partial charge in [0.2, 0.25) is 0 Å². The highest BCUT2D eigenvalue weighted by atomic mass is 79.9. The van der Waals surface area contributed by atoms with Gasteiger partial charge in [-0.25, -0.2) is 0 Å². The second-order valence-electron chi connectivity index (χ2n) is 25.0. The van der Waals surface area contributed by atoms with Gasteiger partial charge in [0, 0.05) is 65.8 Å². The molecule has 5 heteroatoms. The maximum Gasteiger partial charge on any atom is 0.0547 e. The van der Waals surface area contributed by atoms with E-state index in [-0.39, 0.29) is 0 Å². The third-order valence-electron chi connectivity index (χ3n) is 18.7. The molecule has 480 valence electrons. The van der Waals surface area contributed by atoms with Gasteiger partial charge in [0.15, 0.2) is 0 Å². The van der Waals surface area contributed by atoms with Crippen LogP contribution in [0.4, 0.5) is 28.4 Å². The Balaban J connectivity index is 0.000000136. The minimum absolute atomic E-state index is 1.08. The summed E-state index contributed by atoms with van der Waals surface area (Å²) in [4.78, 5) is 2.33. The van der Waals surface area contributed by atoms with Crippen LogP contribution in [0, 0.1) is 0 Å². The fraction of sp³-hybridized carbons (Fsp3) is 0. The highest BCUT2D eigenvalue weighted by molar-refractivity contribution is 9.10. The number of anilines is 5. The monoisotopic (exact) mass is 1360 g/mol. The van der Waals surface area contributed by atoms with E-state index >= 15 is 0 Å². The van der Waals surface area contributed by atoms with Crippen LogP contribution in [0.25, 0.3) is 122 Å². The second-order valence-corrected chi connectivity index (χ2v) is 25.9. The van der Waals surface area contributed by atoms with Crippen molar-refractivity contribution in [2.45, 2.75) is 0 Å². The number of benzene rings is 16. The van der Waals surface area contributed by atoms with Crippen LogP contribution in [-0.4, -0.2) is 9.13 Å². The topological polar surface area (TPSA) is 25.1 Å². The molecule has 18 aromatic rings. The number of nitrogens with one attached hydrogen (secondary N) is 1. The summed E-state index contributed by atoms with van der Waals surface area (Å²) >= 11 is 3.68. The summed E-state index contributed by atoms with van der Waals surface area (Å²) in [5, 5.41) is 8.33. The number of halogens is 1. The molecule has 0 saturated carbocycles. The van der Waals surface area contributed by atoms with E-state index in [1.54, 1.807) is 0 Å². The van der Waals surface area contributed by atoms with Crippen LogP contribution in [-0.2, 0) is 0 Å². The molecular weight excluding hydrogens is 1290 g/mol. The molecule has 0 unspecified atom stereocenters. The quantitative estimate of drug-likeness (QED) is 0.124. The molecular formula is C96H69BrN4. The maximum absolute atomic E-state index is 3.68. The van der Waals surface area contributed by atoms with Gasteiger partial charge in [-0.2, -0.15) is 0 Å². The Morgan fingerprint density at radius 3 is 0.970 bits per heavy atom. The van der Waals surface area contributed by atoms with Crippen LogP contribution >= 0.6 is 15.9 Å². The highest BCUT2D eigenvalue weighted by Crippen LogP contribution is 2.44. The predicted molar refractivity (Wildman–Crippen MR) is 433 cm³/mol. The SMILES string of the molecule is Brc1cccc(-c2ccc(-c3ccccc3)cc2-c2ccc3c4ccccc4n(-c4ccccc4)c3c2)c1.c1ccc(-c2ccc(-c3cccc(N(c4ccccc4)c4ccccc4)c3)c(-c3ccc4c5ccccc5n(-c5ccccc5)c4c3)c2)cc1.c1ccc(Nc2ccccc2)cc1. The molecule has 18 rings (SSSR count). The fourth-order valence-corrected chi connectivity index (χ4v) is 14.4. The Labute approximate surface area is 598 Å². The summed E-state index contributed by atoms with van der Waals surface area (Å²) in [6, 6.07) is 147. The Kier molecular flexibility index (Phi) is 18.1. The van der Waals surface area contributed by atoms with Gasteiger partial charge in [-0.1, -0.05) is 295 Å². The van der Waals surface area contributed by atoms with E-state index in [4.69, 9.17) is 0 Å². The molecule has 0 spiro atoms. The van der Waals surface area contributed by atoms with Crippen molar-refractivity contribution < 1.29 is 0 Å². The molecule has 2 aromatic heterocycles. The van der Waals surface area contributed by atoms with Crippen molar-refractivity contribution in [3.8, 4) is 78.1 Å². The maximum atomic E-state index is 3.68. The van der Waals surface area contributed by atoms with Crippen LogP contribution in [0.2, 0.25) is 0 Å². The minimum Gasteiger partial charge on any atom is -0.356 e. The molecule has 0 saturated heterocycles. The van der Waals surface area contributed by atoms with Gasteiger partial charge in [-0.3, -0.25) is 0 Å². The number of para-hydroxylation sites is 8. The molecule has 0 atom stereocenters. The summed E-state index contributed by atoms with van der Waals surface area (Å²) in [6.07, 6.45) is 0. The van der Waals surface area contributed by atoms with E-state index in [0.717, 1.165) is 44.2 Å². The molecule has 16 aromatic carbocycles. The number of hydrogen-bond donors (Lipinski definition) is 1. The van der Waals surface area contributed by atoms with Crippen molar-refractivity contribution in [2.24, 2.45) is 0 Å². The number of rotatable bonds is 13. The van der Waals surface area contributed by atoms with Crippen LogP contribution in [0.1, 0.15) is 0 Å². The third kappa shape index (κ3) is 13.4. The lowest BCUT2D eigenvalue weighted by Gasteiger charge is -2.26. The summed E-state index contributed by atoms with van der Waals surface area (Å²) in [5.41, 5.74) is 27.1.